The number of anilines is 2. The zero-order chi connectivity index (χ0) is 14.7. The molecule has 2 N–H and O–H groups in total. The number of nitrogens with one attached hydrogen (secondary N) is 1. The molecule has 8 heteroatoms. The number of benzene rings is 1. The van der Waals surface area contributed by atoms with Crippen LogP contribution in [0.15, 0.2) is 24.3 Å². The summed E-state index contributed by atoms with van der Waals surface area (Å²) in [6.07, 6.45) is 0. The Labute approximate surface area is 116 Å². The van der Waals surface area contributed by atoms with Crippen LogP contribution in [0.3, 0.4) is 0 Å². The van der Waals surface area contributed by atoms with Gasteiger partial charge in [-0.05, 0) is 19.1 Å². The SMILES string of the molecule is Cc1nc(C(=O)O)c(Nc2cccc(OC(F)F)c2)s1. The number of hydrogen-bond acceptors (Lipinski definition) is 5. The van der Waals surface area contributed by atoms with Crippen molar-refractivity contribution in [3.05, 3.63) is 35.0 Å². The van der Waals surface area contributed by atoms with Crippen molar-refractivity contribution in [3.8, 4) is 5.75 Å². The summed E-state index contributed by atoms with van der Waals surface area (Å²) in [7, 11) is 0. The number of carbonyl (C=O) groups is 1. The lowest BCUT2D eigenvalue weighted by Crippen LogP contribution is -2.03. The van der Waals surface area contributed by atoms with Gasteiger partial charge in [0.2, 0.25) is 0 Å². The van der Waals surface area contributed by atoms with E-state index in [-0.39, 0.29) is 11.4 Å². The van der Waals surface area contributed by atoms with Crippen LogP contribution in [0, 0.1) is 6.92 Å². The third kappa shape index (κ3) is 3.41. The lowest BCUT2D eigenvalue weighted by atomic mass is 10.3. The van der Waals surface area contributed by atoms with Crippen LogP contribution in [-0.2, 0) is 0 Å². The molecule has 0 saturated heterocycles. The summed E-state index contributed by atoms with van der Waals surface area (Å²) >= 11 is 1.17. The Morgan fingerprint density at radius 3 is 2.90 bits per heavy atom. The molecule has 5 nitrogen and oxygen atoms in total. The highest BCUT2D eigenvalue weighted by molar-refractivity contribution is 7.16. The van der Waals surface area contributed by atoms with E-state index < -0.39 is 12.6 Å². The highest BCUT2D eigenvalue weighted by Gasteiger charge is 2.16. The van der Waals surface area contributed by atoms with E-state index in [0.717, 1.165) is 0 Å². The number of thiazole rings is 1. The average molecular weight is 300 g/mol. The van der Waals surface area contributed by atoms with Crippen molar-refractivity contribution in [1.29, 1.82) is 0 Å². The largest absolute Gasteiger partial charge is 0.476 e. The number of carboxylic acids is 1. The van der Waals surface area contributed by atoms with Gasteiger partial charge in [0.25, 0.3) is 0 Å². The number of nitrogens with zero attached hydrogens (tertiary/aromatic N) is 1. The van der Waals surface area contributed by atoms with Gasteiger partial charge in [-0.1, -0.05) is 6.07 Å². The first-order chi connectivity index (χ1) is 9.45. The lowest BCUT2D eigenvalue weighted by molar-refractivity contribution is -0.0498. The van der Waals surface area contributed by atoms with Crippen molar-refractivity contribution in [3.63, 3.8) is 0 Å². The van der Waals surface area contributed by atoms with Gasteiger partial charge in [-0.15, -0.1) is 11.3 Å². The third-order valence-corrected chi connectivity index (χ3v) is 3.14. The zero-order valence-corrected chi connectivity index (χ0v) is 11.1. The normalized spacial score (nSPS) is 10.6. The maximum Gasteiger partial charge on any atom is 0.387 e. The highest BCUT2D eigenvalue weighted by Crippen LogP contribution is 2.29. The third-order valence-electron chi connectivity index (χ3n) is 2.25. The first-order valence-electron chi connectivity index (χ1n) is 5.48. The van der Waals surface area contributed by atoms with Crippen LogP contribution in [0.5, 0.6) is 5.75 Å². The summed E-state index contributed by atoms with van der Waals surface area (Å²) < 4.78 is 28.5. The molecule has 0 bridgehead atoms. The first-order valence-corrected chi connectivity index (χ1v) is 6.30. The second-order valence-corrected chi connectivity index (χ2v) is 4.95. The summed E-state index contributed by atoms with van der Waals surface area (Å²) in [5, 5.41) is 12.8. The minimum absolute atomic E-state index is 0.0110. The number of carboxylic acid groups (broad SMARTS) is 1. The molecule has 20 heavy (non-hydrogen) atoms. The maximum absolute atomic E-state index is 12.1. The fraction of sp³-hybridized carbons (Fsp3) is 0.167. The molecule has 0 fully saturated rings. The van der Waals surface area contributed by atoms with Crippen LogP contribution in [0.4, 0.5) is 19.5 Å². The molecule has 0 atom stereocenters. The average Bonchev–Trinajstić information content (AvgIpc) is 2.70. The van der Waals surface area contributed by atoms with Gasteiger partial charge in [0.15, 0.2) is 5.69 Å². The van der Waals surface area contributed by atoms with Crippen LogP contribution in [-0.4, -0.2) is 22.7 Å². The number of aromatic nitrogens is 1. The van der Waals surface area contributed by atoms with E-state index in [1.165, 1.54) is 29.5 Å². The molecular weight excluding hydrogens is 290 g/mol. The number of ether oxygens (including phenoxy) is 1. The van der Waals surface area contributed by atoms with Crippen LogP contribution in [0.2, 0.25) is 0 Å². The maximum atomic E-state index is 12.1. The second-order valence-electron chi connectivity index (χ2n) is 3.75. The molecule has 1 aromatic carbocycles. The quantitative estimate of drug-likeness (QED) is 0.884. The van der Waals surface area contributed by atoms with Gasteiger partial charge >= 0.3 is 12.6 Å². The molecule has 0 radical (unpaired) electrons. The molecule has 0 amide bonds. The Kier molecular flexibility index (Phi) is 4.14. The molecule has 106 valence electrons. The number of aryl methyl sites for hydroxylation is 1. The molecule has 0 aliphatic carbocycles. The van der Waals surface area contributed by atoms with E-state index in [1.807, 2.05) is 0 Å². The molecule has 0 unspecified atom stereocenters. The Hall–Kier alpha value is -2.22. The predicted octanol–water partition coefficient (Wildman–Crippen LogP) is 3.49. The number of hydrogen-bond donors (Lipinski definition) is 2. The minimum Gasteiger partial charge on any atom is -0.476 e. The summed E-state index contributed by atoms with van der Waals surface area (Å²) in [6.45, 7) is -1.23. The molecule has 0 saturated carbocycles. The van der Waals surface area contributed by atoms with Gasteiger partial charge in [-0.2, -0.15) is 8.78 Å². The van der Waals surface area contributed by atoms with E-state index in [2.05, 4.69) is 15.0 Å². The molecule has 2 aromatic rings. The van der Waals surface area contributed by atoms with Gasteiger partial charge in [-0.3, -0.25) is 0 Å². The fourth-order valence-corrected chi connectivity index (χ4v) is 2.37. The molecule has 1 aromatic heterocycles. The van der Waals surface area contributed by atoms with Crippen LogP contribution in [0.1, 0.15) is 15.5 Å². The van der Waals surface area contributed by atoms with E-state index in [4.69, 9.17) is 5.11 Å². The Balaban J connectivity index is 2.24. The zero-order valence-electron chi connectivity index (χ0n) is 10.3. The predicted molar refractivity (Wildman–Crippen MR) is 70.2 cm³/mol. The van der Waals surface area contributed by atoms with Crippen molar-refractivity contribution in [1.82, 2.24) is 4.98 Å². The summed E-state index contributed by atoms with van der Waals surface area (Å²) in [6, 6.07) is 5.87. The topological polar surface area (TPSA) is 71.5 Å². The first kappa shape index (κ1) is 14.2. The van der Waals surface area contributed by atoms with Crippen molar-refractivity contribution in [2.75, 3.05) is 5.32 Å². The Bertz CT molecular complexity index is 631. The van der Waals surface area contributed by atoms with Crippen molar-refractivity contribution in [2.24, 2.45) is 0 Å². The number of rotatable bonds is 5. The summed E-state index contributed by atoms with van der Waals surface area (Å²) in [5.74, 6) is -1.17. The molecule has 2 rings (SSSR count). The number of aromatic carboxylic acids is 1. The Morgan fingerprint density at radius 2 is 2.25 bits per heavy atom. The van der Waals surface area contributed by atoms with E-state index in [0.29, 0.717) is 15.7 Å². The molecule has 1 heterocycles. The highest BCUT2D eigenvalue weighted by atomic mass is 32.1. The minimum atomic E-state index is -2.91. The van der Waals surface area contributed by atoms with Gasteiger partial charge in [-0.25, -0.2) is 9.78 Å². The van der Waals surface area contributed by atoms with Crippen molar-refractivity contribution >= 4 is 28.0 Å². The molecule has 0 aliphatic heterocycles. The van der Waals surface area contributed by atoms with Crippen LogP contribution in [0.25, 0.3) is 0 Å². The standard InChI is InChI=1S/C12H10F2N2O3S/c1-6-15-9(11(17)18)10(20-6)16-7-3-2-4-8(5-7)19-12(13)14/h2-5,12,16H,1H3,(H,17,18). The van der Waals surface area contributed by atoms with E-state index >= 15 is 0 Å². The number of halogens is 2. The van der Waals surface area contributed by atoms with Gasteiger partial charge < -0.3 is 15.2 Å². The van der Waals surface area contributed by atoms with Crippen molar-refractivity contribution < 1.29 is 23.4 Å². The van der Waals surface area contributed by atoms with Crippen molar-refractivity contribution in [2.45, 2.75) is 13.5 Å². The van der Waals surface area contributed by atoms with Gasteiger partial charge in [0, 0.05) is 11.8 Å². The monoisotopic (exact) mass is 300 g/mol. The Morgan fingerprint density at radius 1 is 1.50 bits per heavy atom. The van der Waals surface area contributed by atoms with Crippen LogP contribution >= 0.6 is 11.3 Å². The van der Waals surface area contributed by atoms with Gasteiger partial charge in [0.1, 0.15) is 10.8 Å². The molecular formula is C12H10F2N2O3S. The smallest absolute Gasteiger partial charge is 0.387 e. The summed E-state index contributed by atoms with van der Waals surface area (Å²) in [5.41, 5.74) is 0.335. The molecule has 0 spiro atoms. The lowest BCUT2D eigenvalue weighted by Gasteiger charge is -2.08. The van der Waals surface area contributed by atoms with E-state index in [1.54, 1.807) is 13.0 Å². The molecule has 0 aliphatic rings. The fourth-order valence-electron chi connectivity index (χ4n) is 1.54. The summed E-state index contributed by atoms with van der Waals surface area (Å²) in [4.78, 5) is 14.9. The van der Waals surface area contributed by atoms with E-state index in [9.17, 15) is 13.6 Å². The number of alkyl halides is 2. The van der Waals surface area contributed by atoms with Crippen LogP contribution < -0.4 is 10.1 Å². The van der Waals surface area contributed by atoms with Gasteiger partial charge in [0.05, 0.1) is 5.01 Å². The second kappa shape index (κ2) is 5.83.